The number of ether oxygens (including phenoxy) is 2. The number of hydrogen-bond donors (Lipinski definition) is 1. The van der Waals surface area contributed by atoms with Crippen LogP contribution in [0.1, 0.15) is 36.2 Å². The maximum atomic E-state index is 12.8. The minimum Gasteiger partial charge on any atom is -0.491 e. The van der Waals surface area contributed by atoms with Gasteiger partial charge < -0.3 is 19.7 Å². The number of methoxy groups -OCH3 is 1. The molecule has 9 nitrogen and oxygen atoms in total. The Hall–Kier alpha value is -3.75. The number of nitrogens with one attached hydrogen (secondary N) is 1. The van der Waals surface area contributed by atoms with E-state index in [-0.39, 0.29) is 30.8 Å². The van der Waals surface area contributed by atoms with Gasteiger partial charge >= 0.3 is 0 Å². The molecule has 0 fully saturated rings. The second kappa shape index (κ2) is 9.17. The molecule has 2 aromatic rings. The fraction of sp³-hybridized carbons (Fsp3) is 0.348. The zero-order valence-corrected chi connectivity index (χ0v) is 18.3. The number of Topliss-reactive ketones (excluding diaryl/α,β-unsaturated/α-hetero) is 1. The van der Waals surface area contributed by atoms with Crippen LogP contribution >= 0.6 is 0 Å². The summed E-state index contributed by atoms with van der Waals surface area (Å²) < 4.78 is 11.3. The van der Waals surface area contributed by atoms with Crippen LogP contribution in [-0.2, 0) is 4.79 Å². The van der Waals surface area contributed by atoms with Gasteiger partial charge in [-0.25, -0.2) is 4.99 Å². The highest BCUT2D eigenvalue weighted by atomic mass is 16.5. The molecule has 0 atom stereocenters. The van der Waals surface area contributed by atoms with Crippen LogP contribution in [-0.4, -0.2) is 66.1 Å². The Morgan fingerprint density at radius 1 is 1.25 bits per heavy atom. The highest BCUT2D eigenvalue weighted by Gasteiger charge is 2.33. The maximum Gasteiger partial charge on any atom is 0.258 e. The zero-order valence-electron chi connectivity index (χ0n) is 18.3. The number of benzene rings is 1. The molecule has 32 heavy (non-hydrogen) atoms. The predicted molar refractivity (Wildman–Crippen MR) is 120 cm³/mol. The standard InChI is InChI=1S/C23H25N5O4/c1-14(2)26-20(30)13-32-18-7-6-16-21(22(18)31-3)27-19(28-10-9-25-23(16)28)11-17(29)15-5-4-8-24-12-15/h4-8,12,14H,9-11,13H2,1-3H3,(H,26,30). The summed E-state index contributed by atoms with van der Waals surface area (Å²) in [5.74, 6) is 1.85. The molecule has 4 rings (SSSR count). The lowest BCUT2D eigenvalue weighted by atomic mass is 10.0. The quantitative estimate of drug-likeness (QED) is 0.638. The van der Waals surface area contributed by atoms with Gasteiger partial charge in [-0.15, -0.1) is 0 Å². The molecule has 1 N–H and O–H groups in total. The first-order chi connectivity index (χ1) is 15.5. The number of amidine groups is 2. The van der Waals surface area contributed by atoms with Gasteiger partial charge in [0.05, 0.1) is 20.1 Å². The number of carbonyl (C=O) groups excluding carboxylic acids is 2. The van der Waals surface area contributed by atoms with Crippen molar-refractivity contribution in [1.29, 1.82) is 0 Å². The number of hydrogen-bond acceptors (Lipinski definition) is 8. The van der Waals surface area contributed by atoms with Crippen LogP contribution in [0.25, 0.3) is 0 Å². The van der Waals surface area contributed by atoms with Gasteiger partial charge in [0, 0.05) is 36.1 Å². The number of amides is 1. The fourth-order valence-corrected chi connectivity index (χ4v) is 3.69. The Morgan fingerprint density at radius 2 is 2.09 bits per heavy atom. The van der Waals surface area contributed by atoms with Crippen molar-refractivity contribution in [1.82, 2.24) is 15.2 Å². The molecule has 1 amide bonds. The molecule has 1 aromatic heterocycles. The highest BCUT2D eigenvalue weighted by molar-refractivity contribution is 6.21. The molecule has 9 heteroatoms. The molecule has 1 aromatic carbocycles. The molecule has 3 heterocycles. The van der Waals surface area contributed by atoms with Gasteiger partial charge in [-0.2, -0.15) is 0 Å². The Morgan fingerprint density at radius 3 is 2.81 bits per heavy atom. The summed E-state index contributed by atoms with van der Waals surface area (Å²) >= 11 is 0. The zero-order chi connectivity index (χ0) is 22.7. The number of aliphatic imine (C=N–C) groups is 2. The summed E-state index contributed by atoms with van der Waals surface area (Å²) in [5, 5.41) is 2.79. The first kappa shape index (κ1) is 21.5. The fourth-order valence-electron chi connectivity index (χ4n) is 3.69. The Balaban J connectivity index is 1.65. The Bertz CT molecular complexity index is 1100. The average molecular weight is 435 g/mol. The van der Waals surface area contributed by atoms with E-state index in [0.29, 0.717) is 41.7 Å². The lowest BCUT2D eigenvalue weighted by Gasteiger charge is -2.28. The van der Waals surface area contributed by atoms with E-state index >= 15 is 0 Å². The van der Waals surface area contributed by atoms with E-state index in [1.54, 1.807) is 30.6 Å². The Labute approximate surface area is 186 Å². The summed E-state index contributed by atoms with van der Waals surface area (Å²) in [7, 11) is 1.52. The first-order valence-electron chi connectivity index (χ1n) is 10.4. The van der Waals surface area contributed by atoms with E-state index in [1.165, 1.54) is 7.11 Å². The van der Waals surface area contributed by atoms with Crippen molar-refractivity contribution >= 4 is 29.0 Å². The van der Waals surface area contributed by atoms with E-state index in [9.17, 15) is 9.59 Å². The van der Waals surface area contributed by atoms with Crippen molar-refractivity contribution in [2.75, 3.05) is 26.8 Å². The summed E-state index contributed by atoms with van der Waals surface area (Å²) in [6.07, 6.45) is 3.28. The van der Waals surface area contributed by atoms with Crippen molar-refractivity contribution in [3.8, 4) is 11.5 Å². The van der Waals surface area contributed by atoms with Crippen molar-refractivity contribution in [3.05, 3.63) is 47.8 Å². The lowest BCUT2D eigenvalue weighted by Crippen LogP contribution is -2.38. The molecule has 0 spiro atoms. The maximum absolute atomic E-state index is 12.8. The van der Waals surface area contributed by atoms with Crippen molar-refractivity contribution < 1.29 is 19.1 Å². The number of rotatable bonds is 8. The van der Waals surface area contributed by atoms with E-state index in [4.69, 9.17) is 14.5 Å². The van der Waals surface area contributed by atoms with E-state index in [0.717, 1.165) is 11.4 Å². The molecule has 2 aliphatic heterocycles. The van der Waals surface area contributed by atoms with Gasteiger partial charge in [0.15, 0.2) is 23.9 Å². The molecule has 0 unspecified atom stereocenters. The van der Waals surface area contributed by atoms with E-state index in [2.05, 4.69) is 15.3 Å². The van der Waals surface area contributed by atoms with E-state index < -0.39 is 0 Å². The second-order valence-electron chi connectivity index (χ2n) is 7.73. The second-order valence-corrected chi connectivity index (χ2v) is 7.73. The van der Waals surface area contributed by atoms with Crippen LogP contribution in [0, 0.1) is 0 Å². The minimum atomic E-state index is -0.225. The number of pyridine rings is 1. The normalized spacial score (nSPS) is 14.3. The number of fused-ring (bicyclic) bond motifs is 3. The number of ketones is 1. The van der Waals surface area contributed by atoms with Crippen LogP contribution in [0.5, 0.6) is 11.5 Å². The van der Waals surface area contributed by atoms with Crippen LogP contribution in [0.15, 0.2) is 46.6 Å². The molecule has 0 aliphatic carbocycles. The van der Waals surface area contributed by atoms with Crippen molar-refractivity contribution in [2.45, 2.75) is 26.3 Å². The predicted octanol–water partition coefficient (Wildman–Crippen LogP) is 2.37. The highest BCUT2D eigenvalue weighted by Crippen LogP contribution is 2.43. The van der Waals surface area contributed by atoms with Crippen LogP contribution in [0.4, 0.5) is 5.69 Å². The van der Waals surface area contributed by atoms with Gasteiger partial charge in [0.25, 0.3) is 5.91 Å². The molecular formula is C23H25N5O4. The average Bonchev–Trinajstić information content (AvgIpc) is 3.28. The Kier molecular flexibility index (Phi) is 6.16. The van der Waals surface area contributed by atoms with Crippen molar-refractivity contribution in [3.63, 3.8) is 0 Å². The summed E-state index contributed by atoms with van der Waals surface area (Å²) in [5.41, 5.74) is 1.87. The smallest absolute Gasteiger partial charge is 0.258 e. The topological polar surface area (TPSA) is 105 Å². The lowest BCUT2D eigenvalue weighted by molar-refractivity contribution is -0.123. The summed E-state index contributed by atoms with van der Waals surface area (Å²) in [6, 6.07) is 7.10. The van der Waals surface area contributed by atoms with Gasteiger partial charge in [-0.05, 0) is 38.1 Å². The van der Waals surface area contributed by atoms with Gasteiger partial charge in [0.2, 0.25) is 0 Å². The van der Waals surface area contributed by atoms with Crippen LogP contribution in [0.3, 0.4) is 0 Å². The van der Waals surface area contributed by atoms with Crippen LogP contribution in [0.2, 0.25) is 0 Å². The van der Waals surface area contributed by atoms with Gasteiger partial charge in [-0.1, -0.05) is 0 Å². The molecule has 2 aliphatic rings. The third kappa shape index (κ3) is 4.32. The summed E-state index contributed by atoms with van der Waals surface area (Å²) in [4.78, 5) is 40.2. The minimum absolute atomic E-state index is 0.0207. The molecule has 0 saturated carbocycles. The largest absolute Gasteiger partial charge is 0.491 e. The first-order valence-corrected chi connectivity index (χ1v) is 10.4. The van der Waals surface area contributed by atoms with E-state index in [1.807, 2.05) is 24.8 Å². The third-order valence-corrected chi connectivity index (χ3v) is 5.04. The van der Waals surface area contributed by atoms with Gasteiger partial charge in [0.1, 0.15) is 17.4 Å². The third-order valence-electron chi connectivity index (χ3n) is 5.04. The molecular weight excluding hydrogens is 410 g/mol. The number of carbonyl (C=O) groups is 2. The van der Waals surface area contributed by atoms with Crippen LogP contribution < -0.4 is 14.8 Å². The number of aromatic nitrogens is 1. The molecule has 0 bridgehead atoms. The monoisotopic (exact) mass is 435 g/mol. The SMILES string of the molecule is COc1c(OCC(=O)NC(C)C)ccc2c1N=C(CC(=O)c1cccnc1)N1CCN=C21. The van der Waals surface area contributed by atoms with Gasteiger partial charge in [-0.3, -0.25) is 19.6 Å². The van der Waals surface area contributed by atoms with Crippen molar-refractivity contribution in [2.24, 2.45) is 9.98 Å². The number of nitrogens with zero attached hydrogens (tertiary/aromatic N) is 4. The molecule has 0 radical (unpaired) electrons. The molecule has 0 saturated heterocycles. The summed E-state index contributed by atoms with van der Waals surface area (Å²) in [6.45, 7) is 4.90. The molecule has 166 valence electrons.